The number of nitrogens with one attached hydrogen (secondary N) is 2. The first-order valence-corrected chi connectivity index (χ1v) is 5.04. The fourth-order valence-electron chi connectivity index (χ4n) is 1.86. The quantitative estimate of drug-likeness (QED) is 0.679. The summed E-state index contributed by atoms with van der Waals surface area (Å²) in [6, 6.07) is 0.465. The van der Waals surface area contributed by atoms with Crippen molar-refractivity contribution < 1.29 is 4.79 Å². The van der Waals surface area contributed by atoms with Crippen molar-refractivity contribution in [3.05, 3.63) is 0 Å². The number of carbonyl (C=O) groups excluding carboxylic acids is 1. The minimum Gasteiger partial charge on any atom is -0.358 e. The Balaban J connectivity index is 2.29. The summed E-state index contributed by atoms with van der Waals surface area (Å²) < 4.78 is 0. The van der Waals surface area contributed by atoms with E-state index < -0.39 is 0 Å². The van der Waals surface area contributed by atoms with Crippen LogP contribution in [0.25, 0.3) is 0 Å². The topological polar surface area (TPSA) is 41.1 Å². The Morgan fingerprint density at radius 3 is 2.46 bits per heavy atom. The van der Waals surface area contributed by atoms with E-state index in [-0.39, 0.29) is 11.9 Å². The van der Waals surface area contributed by atoms with Crippen molar-refractivity contribution in [2.24, 2.45) is 11.8 Å². The van der Waals surface area contributed by atoms with Crippen LogP contribution in [0.2, 0.25) is 0 Å². The van der Waals surface area contributed by atoms with Crippen LogP contribution in [0.1, 0.15) is 27.2 Å². The molecule has 1 saturated carbocycles. The summed E-state index contributed by atoms with van der Waals surface area (Å²) in [6.45, 7) is 6.41. The summed E-state index contributed by atoms with van der Waals surface area (Å²) in [6.07, 6.45) is 1.20. The number of amides is 1. The lowest BCUT2D eigenvalue weighted by Gasteiger charge is -2.42. The number of carbonyl (C=O) groups is 1. The van der Waals surface area contributed by atoms with Crippen molar-refractivity contribution in [1.82, 2.24) is 10.6 Å². The van der Waals surface area contributed by atoms with Crippen molar-refractivity contribution in [3.63, 3.8) is 0 Å². The summed E-state index contributed by atoms with van der Waals surface area (Å²) in [5.41, 5.74) is 0. The summed E-state index contributed by atoms with van der Waals surface area (Å²) in [5.74, 6) is 1.58. The van der Waals surface area contributed by atoms with Crippen LogP contribution in [0.15, 0.2) is 0 Å². The molecule has 3 nitrogen and oxygen atoms in total. The van der Waals surface area contributed by atoms with Crippen molar-refractivity contribution >= 4 is 5.91 Å². The molecule has 0 aromatic rings. The standard InChI is InChI=1S/C10H20N2O/c1-6-5-9(7(6)2)12-8(3)10(13)11-4/h6-9,12H,5H2,1-4H3,(H,11,13). The van der Waals surface area contributed by atoms with E-state index in [1.165, 1.54) is 6.42 Å². The molecule has 13 heavy (non-hydrogen) atoms. The molecule has 1 rings (SSSR count). The molecule has 1 aliphatic carbocycles. The lowest BCUT2D eigenvalue weighted by molar-refractivity contribution is -0.122. The van der Waals surface area contributed by atoms with Crippen LogP contribution in [0.5, 0.6) is 0 Å². The molecule has 0 spiro atoms. The first-order chi connectivity index (χ1) is 6.06. The SMILES string of the molecule is CNC(=O)C(C)NC1CC(C)C1C. The number of hydrogen-bond donors (Lipinski definition) is 2. The van der Waals surface area contributed by atoms with Crippen molar-refractivity contribution in [3.8, 4) is 0 Å². The minimum atomic E-state index is -0.0649. The second-order valence-electron chi connectivity index (χ2n) is 4.18. The molecule has 0 aromatic heterocycles. The first-order valence-electron chi connectivity index (χ1n) is 5.04. The summed E-state index contributed by atoms with van der Waals surface area (Å²) >= 11 is 0. The van der Waals surface area contributed by atoms with Gasteiger partial charge in [0.05, 0.1) is 6.04 Å². The van der Waals surface area contributed by atoms with Crippen LogP contribution in [-0.4, -0.2) is 25.0 Å². The molecule has 2 N–H and O–H groups in total. The second kappa shape index (κ2) is 4.09. The molecule has 1 amide bonds. The van der Waals surface area contributed by atoms with Gasteiger partial charge < -0.3 is 10.6 Å². The van der Waals surface area contributed by atoms with E-state index in [1.54, 1.807) is 7.05 Å². The minimum absolute atomic E-state index is 0.0649. The summed E-state index contributed by atoms with van der Waals surface area (Å²) in [7, 11) is 1.67. The Morgan fingerprint density at radius 1 is 1.46 bits per heavy atom. The lowest BCUT2D eigenvalue weighted by atomic mass is 9.71. The zero-order chi connectivity index (χ0) is 10.0. The molecule has 0 aliphatic heterocycles. The Hall–Kier alpha value is -0.570. The maximum absolute atomic E-state index is 11.2. The van der Waals surface area contributed by atoms with Gasteiger partial charge in [-0.2, -0.15) is 0 Å². The van der Waals surface area contributed by atoms with Gasteiger partial charge in [-0.15, -0.1) is 0 Å². The average molecular weight is 184 g/mol. The molecule has 1 aliphatic rings. The molecular formula is C10H20N2O. The van der Waals surface area contributed by atoms with Crippen LogP contribution in [-0.2, 0) is 4.79 Å². The maximum atomic E-state index is 11.2. The first kappa shape index (κ1) is 10.5. The molecule has 0 bridgehead atoms. The van der Waals surface area contributed by atoms with E-state index in [0.29, 0.717) is 12.0 Å². The highest BCUT2D eigenvalue weighted by atomic mass is 16.2. The van der Waals surface area contributed by atoms with E-state index in [9.17, 15) is 4.79 Å². The van der Waals surface area contributed by atoms with Gasteiger partial charge in [0, 0.05) is 13.1 Å². The van der Waals surface area contributed by atoms with Gasteiger partial charge in [-0.25, -0.2) is 0 Å². The largest absolute Gasteiger partial charge is 0.358 e. The van der Waals surface area contributed by atoms with Gasteiger partial charge >= 0.3 is 0 Å². The van der Waals surface area contributed by atoms with Crippen LogP contribution >= 0.6 is 0 Å². The van der Waals surface area contributed by atoms with Crippen molar-refractivity contribution in [2.75, 3.05) is 7.05 Å². The number of hydrogen-bond acceptors (Lipinski definition) is 2. The Labute approximate surface area is 80.3 Å². The highest BCUT2D eigenvalue weighted by molar-refractivity contribution is 5.80. The van der Waals surface area contributed by atoms with E-state index >= 15 is 0 Å². The Bertz CT molecular complexity index is 193. The van der Waals surface area contributed by atoms with Crippen LogP contribution in [0, 0.1) is 11.8 Å². The van der Waals surface area contributed by atoms with Crippen LogP contribution < -0.4 is 10.6 Å². The van der Waals surface area contributed by atoms with Gasteiger partial charge in [0.2, 0.25) is 5.91 Å². The van der Waals surface area contributed by atoms with Crippen LogP contribution in [0.3, 0.4) is 0 Å². The van der Waals surface area contributed by atoms with Gasteiger partial charge in [-0.3, -0.25) is 4.79 Å². The normalized spacial score (nSPS) is 34.9. The molecular weight excluding hydrogens is 164 g/mol. The fourth-order valence-corrected chi connectivity index (χ4v) is 1.86. The smallest absolute Gasteiger partial charge is 0.236 e. The molecule has 0 saturated heterocycles. The number of rotatable bonds is 3. The lowest BCUT2D eigenvalue weighted by Crippen LogP contribution is -2.54. The van der Waals surface area contributed by atoms with E-state index in [0.717, 1.165) is 5.92 Å². The fraction of sp³-hybridized carbons (Fsp3) is 0.900. The Morgan fingerprint density at radius 2 is 2.08 bits per heavy atom. The highest BCUT2D eigenvalue weighted by Crippen LogP contribution is 2.33. The highest BCUT2D eigenvalue weighted by Gasteiger charge is 2.35. The van der Waals surface area contributed by atoms with Gasteiger partial charge in [0.1, 0.15) is 0 Å². The molecule has 0 heterocycles. The molecule has 3 heteroatoms. The van der Waals surface area contributed by atoms with Crippen molar-refractivity contribution in [2.45, 2.75) is 39.3 Å². The monoisotopic (exact) mass is 184 g/mol. The third kappa shape index (κ3) is 2.21. The van der Waals surface area contributed by atoms with E-state index in [4.69, 9.17) is 0 Å². The van der Waals surface area contributed by atoms with Crippen LogP contribution in [0.4, 0.5) is 0 Å². The molecule has 0 aromatic carbocycles. The van der Waals surface area contributed by atoms with E-state index in [2.05, 4.69) is 24.5 Å². The molecule has 1 fully saturated rings. The second-order valence-corrected chi connectivity index (χ2v) is 4.18. The summed E-state index contributed by atoms with van der Waals surface area (Å²) in [5, 5.41) is 5.98. The Kier molecular flexibility index (Phi) is 3.31. The predicted octanol–water partition coefficient (Wildman–Crippen LogP) is 0.755. The summed E-state index contributed by atoms with van der Waals surface area (Å²) in [4.78, 5) is 11.2. The molecule has 0 radical (unpaired) electrons. The third-order valence-electron chi connectivity index (χ3n) is 3.26. The van der Waals surface area contributed by atoms with Gasteiger partial charge in [0.25, 0.3) is 0 Å². The zero-order valence-corrected chi connectivity index (χ0v) is 8.92. The number of likely N-dealkylation sites (N-methyl/N-ethyl adjacent to an activating group) is 1. The molecule has 4 unspecified atom stereocenters. The third-order valence-corrected chi connectivity index (χ3v) is 3.26. The van der Waals surface area contributed by atoms with Gasteiger partial charge in [0.15, 0.2) is 0 Å². The maximum Gasteiger partial charge on any atom is 0.236 e. The van der Waals surface area contributed by atoms with Crippen molar-refractivity contribution in [1.29, 1.82) is 0 Å². The molecule has 76 valence electrons. The van der Waals surface area contributed by atoms with Gasteiger partial charge in [-0.1, -0.05) is 13.8 Å². The van der Waals surface area contributed by atoms with Gasteiger partial charge in [-0.05, 0) is 25.2 Å². The zero-order valence-electron chi connectivity index (χ0n) is 8.92. The van der Waals surface area contributed by atoms with E-state index in [1.807, 2.05) is 6.92 Å². The predicted molar refractivity (Wildman–Crippen MR) is 53.4 cm³/mol. The average Bonchev–Trinajstić information content (AvgIpc) is 2.15. The molecule has 4 atom stereocenters.